The lowest BCUT2D eigenvalue weighted by Crippen LogP contribution is -2.00. The lowest BCUT2D eigenvalue weighted by atomic mass is 9.99. The van der Waals surface area contributed by atoms with Crippen LogP contribution in [0.15, 0.2) is 12.1 Å². The highest BCUT2D eigenvalue weighted by Crippen LogP contribution is 2.29. The highest BCUT2D eigenvalue weighted by molar-refractivity contribution is 6.31. The van der Waals surface area contributed by atoms with Crippen molar-refractivity contribution in [1.29, 1.82) is 0 Å². The van der Waals surface area contributed by atoms with Crippen LogP contribution in [-0.4, -0.2) is 5.11 Å². The molecule has 0 aliphatic heterocycles. The molecule has 90 valence electrons. The van der Waals surface area contributed by atoms with Gasteiger partial charge in [-0.2, -0.15) is 0 Å². The zero-order valence-corrected chi connectivity index (χ0v) is 11.1. The molecular formula is C14H21ClO. The molecule has 0 saturated carbocycles. The van der Waals surface area contributed by atoms with E-state index in [0.717, 1.165) is 18.4 Å². The summed E-state index contributed by atoms with van der Waals surface area (Å²) >= 11 is 6.15. The quantitative estimate of drug-likeness (QED) is 0.748. The Kier molecular flexibility index (Phi) is 5.30. The van der Waals surface area contributed by atoms with Crippen LogP contribution in [0.4, 0.5) is 0 Å². The summed E-state index contributed by atoms with van der Waals surface area (Å²) in [5.74, 6) is 0. The first-order valence-corrected chi connectivity index (χ1v) is 6.38. The average Bonchev–Trinajstić information content (AvgIpc) is 2.23. The molecule has 1 rings (SSSR count). The molecule has 1 aromatic carbocycles. The summed E-state index contributed by atoms with van der Waals surface area (Å²) in [4.78, 5) is 0. The van der Waals surface area contributed by atoms with E-state index in [2.05, 4.69) is 6.92 Å². The van der Waals surface area contributed by atoms with Gasteiger partial charge in [0, 0.05) is 5.02 Å². The van der Waals surface area contributed by atoms with Crippen LogP contribution >= 0.6 is 11.6 Å². The average molecular weight is 241 g/mol. The van der Waals surface area contributed by atoms with Gasteiger partial charge < -0.3 is 5.11 Å². The molecule has 1 aromatic rings. The zero-order valence-electron chi connectivity index (χ0n) is 10.4. The van der Waals surface area contributed by atoms with Gasteiger partial charge in [-0.05, 0) is 43.0 Å². The predicted octanol–water partition coefficient (Wildman–Crippen LogP) is 4.57. The second kappa shape index (κ2) is 6.27. The van der Waals surface area contributed by atoms with E-state index in [0.29, 0.717) is 5.02 Å². The third-order valence-corrected chi connectivity index (χ3v) is 3.38. The largest absolute Gasteiger partial charge is 0.388 e. The van der Waals surface area contributed by atoms with Gasteiger partial charge in [0.05, 0.1) is 6.10 Å². The maximum atomic E-state index is 10.1. The van der Waals surface area contributed by atoms with Crippen molar-refractivity contribution in [2.24, 2.45) is 0 Å². The van der Waals surface area contributed by atoms with Crippen LogP contribution in [0.3, 0.4) is 0 Å². The fourth-order valence-electron chi connectivity index (χ4n) is 1.80. The first-order chi connectivity index (χ1) is 7.56. The molecule has 2 heteroatoms. The SMILES string of the molecule is CCCCCC(O)c1cc(C)c(C)cc1Cl. The van der Waals surface area contributed by atoms with Crippen molar-refractivity contribution < 1.29 is 5.11 Å². The number of aliphatic hydroxyl groups excluding tert-OH is 1. The number of rotatable bonds is 5. The van der Waals surface area contributed by atoms with Gasteiger partial charge in [-0.3, -0.25) is 0 Å². The van der Waals surface area contributed by atoms with Gasteiger partial charge in [-0.1, -0.05) is 43.9 Å². The van der Waals surface area contributed by atoms with Crippen molar-refractivity contribution >= 4 is 11.6 Å². The molecule has 0 aliphatic rings. The molecular weight excluding hydrogens is 220 g/mol. The second-order valence-corrected chi connectivity index (χ2v) is 4.88. The number of aliphatic hydroxyl groups is 1. The lowest BCUT2D eigenvalue weighted by molar-refractivity contribution is 0.163. The number of unbranched alkanes of at least 4 members (excludes halogenated alkanes) is 2. The van der Waals surface area contributed by atoms with Crippen molar-refractivity contribution in [2.45, 2.75) is 52.6 Å². The van der Waals surface area contributed by atoms with Crippen molar-refractivity contribution in [3.63, 3.8) is 0 Å². The number of halogens is 1. The maximum absolute atomic E-state index is 10.1. The fourth-order valence-corrected chi connectivity index (χ4v) is 2.15. The summed E-state index contributed by atoms with van der Waals surface area (Å²) in [5, 5.41) is 10.7. The Hall–Kier alpha value is -0.530. The second-order valence-electron chi connectivity index (χ2n) is 4.47. The highest BCUT2D eigenvalue weighted by Gasteiger charge is 2.12. The molecule has 0 radical (unpaired) electrons. The van der Waals surface area contributed by atoms with Gasteiger partial charge in [0.1, 0.15) is 0 Å². The molecule has 0 spiro atoms. The van der Waals surface area contributed by atoms with E-state index in [-0.39, 0.29) is 0 Å². The van der Waals surface area contributed by atoms with Crippen LogP contribution in [0.1, 0.15) is 55.4 Å². The summed E-state index contributed by atoms with van der Waals surface area (Å²) in [6.45, 7) is 6.25. The number of hydrogen-bond donors (Lipinski definition) is 1. The Morgan fingerprint density at radius 2 is 1.81 bits per heavy atom. The van der Waals surface area contributed by atoms with Crippen molar-refractivity contribution in [3.05, 3.63) is 33.8 Å². The molecule has 0 saturated heterocycles. The van der Waals surface area contributed by atoms with Crippen LogP contribution in [-0.2, 0) is 0 Å². The molecule has 1 N–H and O–H groups in total. The minimum Gasteiger partial charge on any atom is -0.388 e. The first-order valence-electron chi connectivity index (χ1n) is 6.01. The van der Waals surface area contributed by atoms with Crippen LogP contribution in [0.25, 0.3) is 0 Å². The van der Waals surface area contributed by atoms with E-state index >= 15 is 0 Å². The van der Waals surface area contributed by atoms with Gasteiger partial charge >= 0.3 is 0 Å². The Labute approximate surface area is 103 Å². The summed E-state index contributed by atoms with van der Waals surface area (Å²) < 4.78 is 0. The Morgan fingerprint density at radius 3 is 2.44 bits per heavy atom. The van der Waals surface area contributed by atoms with E-state index in [1.165, 1.54) is 24.0 Å². The van der Waals surface area contributed by atoms with Crippen LogP contribution in [0.5, 0.6) is 0 Å². The first kappa shape index (κ1) is 13.5. The lowest BCUT2D eigenvalue weighted by Gasteiger charge is -2.14. The van der Waals surface area contributed by atoms with Crippen molar-refractivity contribution in [2.75, 3.05) is 0 Å². The molecule has 0 heterocycles. The van der Waals surface area contributed by atoms with Crippen LogP contribution in [0.2, 0.25) is 5.02 Å². The topological polar surface area (TPSA) is 20.2 Å². The Balaban J connectivity index is 2.75. The van der Waals surface area contributed by atoms with E-state index in [1.54, 1.807) is 0 Å². The Bertz CT molecular complexity index is 347. The molecule has 16 heavy (non-hydrogen) atoms. The van der Waals surface area contributed by atoms with Crippen LogP contribution in [0, 0.1) is 13.8 Å². The minimum atomic E-state index is -0.418. The molecule has 1 atom stereocenters. The van der Waals surface area contributed by atoms with Gasteiger partial charge in [0.2, 0.25) is 0 Å². The fraction of sp³-hybridized carbons (Fsp3) is 0.571. The highest BCUT2D eigenvalue weighted by atomic mass is 35.5. The molecule has 0 aromatic heterocycles. The molecule has 1 unspecified atom stereocenters. The summed E-state index contributed by atoms with van der Waals surface area (Å²) in [6, 6.07) is 3.95. The van der Waals surface area contributed by atoms with E-state index in [9.17, 15) is 5.11 Å². The summed E-state index contributed by atoms with van der Waals surface area (Å²) in [7, 11) is 0. The van der Waals surface area contributed by atoms with Crippen molar-refractivity contribution in [1.82, 2.24) is 0 Å². The third kappa shape index (κ3) is 3.50. The smallest absolute Gasteiger partial charge is 0.0804 e. The van der Waals surface area contributed by atoms with Gasteiger partial charge in [-0.25, -0.2) is 0 Å². The number of hydrogen-bond acceptors (Lipinski definition) is 1. The van der Waals surface area contributed by atoms with Crippen molar-refractivity contribution in [3.8, 4) is 0 Å². The summed E-state index contributed by atoms with van der Waals surface area (Å²) in [5.41, 5.74) is 3.24. The zero-order chi connectivity index (χ0) is 12.1. The molecule has 0 amide bonds. The Morgan fingerprint density at radius 1 is 1.19 bits per heavy atom. The molecule has 0 aliphatic carbocycles. The summed E-state index contributed by atoms with van der Waals surface area (Å²) in [6.07, 6.45) is 3.78. The van der Waals surface area contributed by atoms with Gasteiger partial charge in [0.15, 0.2) is 0 Å². The number of benzene rings is 1. The standard InChI is InChI=1S/C14H21ClO/c1-4-5-6-7-14(16)12-8-10(2)11(3)9-13(12)15/h8-9,14,16H,4-7H2,1-3H3. The van der Waals surface area contributed by atoms with Gasteiger partial charge in [0.25, 0.3) is 0 Å². The maximum Gasteiger partial charge on any atom is 0.0804 e. The third-order valence-electron chi connectivity index (χ3n) is 3.05. The van der Waals surface area contributed by atoms with E-state index < -0.39 is 6.10 Å². The molecule has 1 nitrogen and oxygen atoms in total. The predicted molar refractivity (Wildman–Crippen MR) is 70.0 cm³/mol. The number of aryl methyl sites for hydroxylation is 2. The molecule has 0 fully saturated rings. The van der Waals surface area contributed by atoms with Gasteiger partial charge in [-0.15, -0.1) is 0 Å². The minimum absolute atomic E-state index is 0.418. The monoisotopic (exact) mass is 240 g/mol. The van der Waals surface area contributed by atoms with E-state index in [1.807, 2.05) is 26.0 Å². The van der Waals surface area contributed by atoms with E-state index in [4.69, 9.17) is 11.6 Å². The normalized spacial score (nSPS) is 12.8. The van der Waals surface area contributed by atoms with Crippen LogP contribution < -0.4 is 0 Å². The molecule has 0 bridgehead atoms.